The van der Waals surface area contributed by atoms with Gasteiger partial charge in [0.15, 0.2) is 0 Å². The van der Waals surface area contributed by atoms with Crippen LogP contribution in [0.3, 0.4) is 0 Å². The van der Waals surface area contributed by atoms with Crippen LogP contribution in [0.25, 0.3) is 0 Å². The number of hydrogen-bond donors (Lipinski definition) is 3. The maximum Gasteiger partial charge on any atom is 0.220 e. The van der Waals surface area contributed by atoms with Gasteiger partial charge in [-0.1, -0.05) is 12.1 Å². The van der Waals surface area contributed by atoms with E-state index in [1.54, 1.807) is 0 Å². The lowest BCUT2D eigenvalue weighted by molar-refractivity contribution is -0.122. The van der Waals surface area contributed by atoms with Crippen LogP contribution in [0.5, 0.6) is 0 Å². The maximum atomic E-state index is 11.5. The summed E-state index contributed by atoms with van der Waals surface area (Å²) >= 11 is 0. The van der Waals surface area contributed by atoms with E-state index in [1.807, 2.05) is 6.92 Å². The average Bonchev–Trinajstić information content (AvgIpc) is 3.00. The summed E-state index contributed by atoms with van der Waals surface area (Å²) in [6.07, 6.45) is 4.15. The van der Waals surface area contributed by atoms with Gasteiger partial charge in [-0.3, -0.25) is 4.79 Å². The van der Waals surface area contributed by atoms with Crippen LogP contribution in [0, 0.1) is 5.92 Å². The van der Waals surface area contributed by atoms with E-state index in [1.165, 1.54) is 12.8 Å². The molecule has 1 aliphatic carbocycles. The third-order valence-electron chi connectivity index (χ3n) is 2.61. The molecule has 1 amide bonds. The van der Waals surface area contributed by atoms with Gasteiger partial charge >= 0.3 is 0 Å². The van der Waals surface area contributed by atoms with E-state index in [0.29, 0.717) is 18.8 Å². The summed E-state index contributed by atoms with van der Waals surface area (Å²) in [4.78, 5) is 11.5. The van der Waals surface area contributed by atoms with Gasteiger partial charge < -0.3 is 16.3 Å². The number of rotatable bonds is 6. The van der Waals surface area contributed by atoms with Crippen molar-refractivity contribution >= 4 is 11.7 Å². The molecule has 0 spiro atoms. The van der Waals surface area contributed by atoms with Gasteiger partial charge in [0, 0.05) is 18.9 Å². The van der Waals surface area contributed by atoms with E-state index in [0.717, 1.165) is 6.42 Å². The fourth-order valence-electron chi connectivity index (χ4n) is 1.46. The molecule has 1 aliphatic rings. The second-order valence-electron chi connectivity index (χ2n) is 4.12. The molecule has 0 aliphatic heterocycles. The summed E-state index contributed by atoms with van der Waals surface area (Å²) in [5.74, 6) is 0.829. The van der Waals surface area contributed by atoms with E-state index in [9.17, 15) is 4.79 Å². The molecule has 0 aromatic carbocycles. The Morgan fingerprint density at radius 3 is 2.80 bits per heavy atom. The van der Waals surface area contributed by atoms with Crippen molar-refractivity contribution in [1.29, 1.82) is 0 Å². The first-order valence-electron chi connectivity index (χ1n) is 5.41. The van der Waals surface area contributed by atoms with Crippen molar-refractivity contribution in [2.45, 2.75) is 45.1 Å². The van der Waals surface area contributed by atoms with Crippen molar-refractivity contribution < 1.29 is 10.0 Å². The van der Waals surface area contributed by atoms with Gasteiger partial charge in [-0.2, -0.15) is 0 Å². The third kappa shape index (κ3) is 4.67. The monoisotopic (exact) mass is 213 g/mol. The molecule has 0 aromatic rings. The van der Waals surface area contributed by atoms with Crippen molar-refractivity contribution in [3.8, 4) is 0 Å². The van der Waals surface area contributed by atoms with Crippen LogP contribution in [0.4, 0.5) is 0 Å². The van der Waals surface area contributed by atoms with Gasteiger partial charge in [-0.15, -0.1) is 0 Å². The molecule has 4 N–H and O–H groups in total. The van der Waals surface area contributed by atoms with Crippen molar-refractivity contribution in [3.05, 3.63) is 0 Å². The van der Waals surface area contributed by atoms with Gasteiger partial charge in [-0.25, -0.2) is 0 Å². The topological polar surface area (TPSA) is 87.7 Å². The van der Waals surface area contributed by atoms with Gasteiger partial charge in [0.1, 0.15) is 5.84 Å². The van der Waals surface area contributed by atoms with Gasteiger partial charge in [0.2, 0.25) is 5.91 Å². The van der Waals surface area contributed by atoms with Crippen molar-refractivity contribution in [2.24, 2.45) is 16.8 Å². The van der Waals surface area contributed by atoms with Crippen LogP contribution < -0.4 is 11.1 Å². The highest BCUT2D eigenvalue weighted by atomic mass is 16.4. The first kappa shape index (κ1) is 11.8. The number of hydrogen-bond acceptors (Lipinski definition) is 3. The zero-order chi connectivity index (χ0) is 11.3. The molecule has 5 nitrogen and oxygen atoms in total. The molecule has 5 heteroatoms. The van der Waals surface area contributed by atoms with Crippen LogP contribution in [-0.4, -0.2) is 23.0 Å². The zero-order valence-corrected chi connectivity index (χ0v) is 9.07. The number of nitrogens with one attached hydrogen (secondary N) is 1. The highest BCUT2D eigenvalue weighted by Gasteiger charge is 2.25. The minimum absolute atomic E-state index is 0.0212. The summed E-state index contributed by atoms with van der Waals surface area (Å²) in [6, 6.07) is -0.0212. The highest BCUT2D eigenvalue weighted by molar-refractivity contribution is 5.82. The molecule has 0 aromatic heterocycles. The van der Waals surface area contributed by atoms with Gasteiger partial charge in [0.05, 0.1) is 0 Å². The van der Waals surface area contributed by atoms with E-state index < -0.39 is 0 Å². The molecule has 1 unspecified atom stereocenters. The van der Waals surface area contributed by atoms with Crippen LogP contribution in [-0.2, 0) is 4.79 Å². The summed E-state index contributed by atoms with van der Waals surface area (Å²) in [5.41, 5.74) is 5.39. The van der Waals surface area contributed by atoms with Crippen LogP contribution in [0.15, 0.2) is 5.16 Å². The molecule has 1 saturated carbocycles. The number of amides is 1. The molecular formula is C10H19N3O2. The Kier molecular flexibility index (Phi) is 4.39. The Bertz CT molecular complexity index is 249. The lowest BCUT2D eigenvalue weighted by Gasteiger charge is -2.15. The lowest BCUT2D eigenvalue weighted by atomic mass is 10.1. The Hall–Kier alpha value is -1.26. The first-order valence-corrected chi connectivity index (χ1v) is 5.41. The first-order chi connectivity index (χ1) is 7.15. The standard InChI is InChI=1S/C10H19N3O2/c1-2-8(6-9(11)13-15)12-10(14)5-7-3-4-7/h7-8,15H,2-6H2,1H3,(H2,11,13)(H,12,14). The van der Waals surface area contributed by atoms with E-state index in [4.69, 9.17) is 10.9 Å². The molecule has 0 radical (unpaired) electrons. The van der Waals surface area contributed by atoms with E-state index in [-0.39, 0.29) is 17.8 Å². The smallest absolute Gasteiger partial charge is 0.220 e. The van der Waals surface area contributed by atoms with Crippen LogP contribution >= 0.6 is 0 Å². The van der Waals surface area contributed by atoms with Gasteiger partial charge in [0.25, 0.3) is 0 Å². The molecule has 0 bridgehead atoms. The normalized spacial score (nSPS) is 18.6. The fraction of sp³-hybridized carbons (Fsp3) is 0.800. The largest absolute Gasteiger partial charge is 0.409 e. The molecular weight excluding hydrogens is 194 g/mol. The SMILES string of the molecule is CCC(CC(N)=NO)NC(=O)CC1CC1. The number of nitrogens with two attached hydrogens (primary N) is 1. The predicted molar refractivity (Wildman–Crippen MR) is 57.6 cm³/mol. The molecule has 86 valence electrons. The second kappa shape index (κ2) is 5.58. The Morgan fingerprint density at radius 1 is 1.67 bits per heavy atom. The average molecular weight is 213 g/mol. The predicted octanol–water partition coefficient (Wildman–Crippen LogP) is 0.818. The molecule has 1 rings (SSSR count). The number of oxime groups is 1. The molecule has 0 heterocycles. The van der Waals surface area contributed by atoms with Crippen molar-refractivity contribution in [1.82, 2.24) is 5.32 Å². The summed E-state index contributed by atoms with van der Waals surface area (Å²) in [6.45, 7) is 1.97. The van der Waals surface area contributed by atoms with Crippen molar-refractivity contribution in [3.63, 3.8) is 0 Å². The number of amidine groups is 1. The van der Waals surface area contributed by atoms with Gasteiger partial charge in [-0.05, 0) is 25.2 Å². The quantitative estimate of drug-likeness (QED) is 0.264. The summed E-state index contributed by atoms with van der Waals surface area (Å²) in [5, 5.41) is 14.2. The fourth-order valence-corrected chi connectivity index (χ4v) is 1.46. The Balaban J connectivity index is 2.27. The van der Waals surface area contributed by atoms with E-state index in [2.05, 4.69) is 10.5 Å². The molecule has 0 saturated heterocycles. The van der Waals surface area contributed by atoms with Crippen LogP contribution in [0.2, 0.25) is 0 Å². The summed E-state index contributed by atoms with van der Waals surface area (Å²) in [7, 11) is 0. The Morgan fingerprint density at radius 2 is 2.33 bits per heavy atom. The summed E-state index contributed by atoms with van der Waals surface area (Å²) < 4.78 is 0. The number of carbonyl (C=O) groups is 1. The number of nitrogens with zero attached hydrogens (tertiary/aromatic N) is 1. The molecule has 1 fully saturated rings. The zero-order valence-electron chi connectivity index (χ0n) is 9.07. The maximum absolute atomic E-state index is 11.5. The molecule has 15 heavy (non-hydrogen) atoms. The second-order valence-corrected chi connectivity index (χ2v) is 4.12. The minimum Gasteiger partial charge on any atom is -0.409 e. The molecule has 1 atom stereocenters. The van der Waals surface area contributed by atoms with E-state index >= 15 is 0 Å². The highest BCUT2D eigenvalue weighted by Crippen LogP contribution is 2.32. The number of carbonyl (C=O) groups excluding carboxylic acids is 1. The third-order valence-corrected chi connectivity index (χ3v) is 2.61. The van der Waals surface area contributed by atoms with Crippen LogP contribution in [0.1, 0.15) is 39.0 Å². The minimum atomic E-state index is -0.0212. The Labute approximate surface area is 89.7 Å². The van der Waals surface area contributed by atoms with Crippen molar-refractivity contribution in [2.75, 3.05) is 0 Å². The lowest BCUT2D eigenvalue weighted by Crippen LogP contribution is -2.37.